The number of rotatable bonds is 5. The Hall–Kier alpha value is -1.39. The SMILES string of the molecule is CC1CCCC(N)(C(=O)Nc2cccc(CCCO)c2)C1. The minimum absolute atomic E-state index is 0.0756. The predicted octanol–water partition coefficient (Wildman–Crippen LogP) is 2.46. The van der Waals surface area contributed by atoms with E-state index in [4.69, 9.17) is 10.8 Å². The van der Waals surface area contributed by atoms with Crippen molar-refractivity contribution in [3.63, 3.8) is 0 Å². The zero-order valence-corrected chi connectivity index (χ0v) is 12.8. The monoisotopic (exact) mass is 290 g/mol. The first-order chi connectivity index (χ1) is 10.0. The quantitative estimate of drug-likeness (QED) is 0.779. The average Bonchev–Trinajstić information content (AvgIpc) is 2.45. The molecule has 0 heterocycles. The fourth-order valence-corrected chi connectivity index (χ4v) is 3.14. The molecule has 0 aliphatic heterocycles. The van der Waals surface area contributed by atoms with Crippen molar-refractivity contribution in [2.24, 2.45) is 11.7 Å². The standard InChI is InChI=1S/C17H26N2O2/c1-13-5-3-9-17(18,12-13)16(21)19-15-8-2-6-14(11-15)7-4-10-20/h2,6,8,11,13,20H,3-5,7,9-10,12,18H2,1H3,(H,19,21). The van der Waals surface area contributed by atoms with E-state index in [2.05, 4.69) is 12.2 Å². The van der Waals surface area contributed by atoms with Gasteiger partial charge in [-0.05, 0) is 49.3 Å². The van der Waals surface area contributed by atoms with Crippen LogP contribution in [0, 0.1) is 5.92 Å². The van der Waals surface area contributed by atoms with Gasteiger partial charge in [0, 0.05) is 12.3 Å². The number of nitrogens with one attached hydrogen (secondary N) is 1. The van der Waals surface area contributed by atoms with Gasteiger partial charge in [-0.2, -0.15) is 0 Å². The van der Waals surface area contributed by atoms with Crippen LogP contribution < -0.4 is 11.1 Å². The molecule has 1 aliphatic rings. The van der Waals surface area contributed by atoms with Gasteiger partial charge in [-0.1, -0.05) is 31.9 Å². The summed E-state index contributed by atoms with van der Waals surface area (Å²) in [5.74, 6) is 0.429. The summed E-state index contributed by atoms with van der Waals surface area (Å²) in [6.45, 7) is 2.34. The summed E-state index contributed by atoms with van der Waals surface area (Å²) >= 11 is 0. The maximum atomic E-state index is 12.5. The normalized spacial score (nSPS) is 25.6. The minimum atomic E-state index is -0.737. The molecule has 1 amide bonds. The number of aliphatic hydroxyl groups is 1. The lowest BCUT2D eigenvalue weighted by atomic mass is 9.76. The number of aliphatic hydroxyl groups excluding tert-OH is 1. The predicted molar refractivity (Wildman–Crippen MR) is 85.0 cm³/mol. The van der Waals surface area contributed by atoms with Gasteiger partial charge in [0.2, 0.25) is 5.91 Å². The topological polar surface area (TPSA) is 75.4 Å². The van der Waals surface area contributed by atoms with Crippen molar-refractivity contribution in [1.82, 2.24) is 0 Å². The maximum Gasteiger partial charge on any atom is 0.244 e. The molecule has 0 saturated heterocycles. The van der Waals surface area contributed by atoms with Gasteiger partial charge in [0.25, 0.3) is 0 Å². The summed E-state index contributed by atoms with van der Waals surface area (Å²) in [4.78, 5) is 12.5. The highest BCUT2D eigenvalue weighted by atomic mass is 16.2. The lowest BCUT2D eigenvalue weighted by Gasteiger charge is -2.35. The van der Waals surface area contributed by atoms with Gasteiger partial charge in [-0.15, -0.1) is 0 Å². The largest absolute Gasteiger partial charge is 0.396 e. The third-order valence-electron chi connectivity index (χ3n) is 4.29. The van der Waals surface area contributed by atoms with Gasteiger partial charge in [0.15, 0.2) is 0 Å². The number of carbonyl (C=O) groups is 1. The molecule has 1 aromatic carbocycles. The Morgan fingerprint density at radius 3 is 3.05 bits per heavy atom. The van der Waals surface area contributed by atoms with Crippen molar-refractivity contribution in [1.29, 1.82) is 0 Å². The van der Waals surface area contributed by atoms with Gasteiger partial charge in [0.1, 0.15) is 0 Å². The van der Waals surface area contributed by atoms with Crippen LogP contribution in [0.15, 0.2) is 24.3 Å². The Bertz CT molecular complexity index is 489. The second-order valence-electron chi connectivity index (χ2n) is 6.34. The molecule has 4 heteroatoms. The number of aryl methyl sites for hydroxylation is 1. The third-order valence-corrected chi connectivity index (χ3v) is 4.29. The Morgan fingerprint density at radius 2 is 2.33 bits per heavy atom. The van der Waals surface area contributed by atoms with E-state index < -0.39 is 5.54 Å². The van der Waals surface area contributed by atoms with Crippen LogP contribution in [-0.2, 0) is 11.2 Å². The molecule has 4 N–H and O–H groups in total. The fourth-order valence-electron chi connectivity index (χ4n) is 3.14. The zero-order chi connectivity index (χ0) is 15.3. The van der Waals surface area contributed by atoms with Crippen molar-refractivity contribution in [3.8, 4) is 0 Å². The van der Waals surface area contributed by atoms with Crippen LogP contribution in [0.25, 0.3) is 0 Å². The molecule has 0 bridgehead atoms. The number of hydrogen-bond acceptors (Lipinski definition) is 3. The summed E-state index contributed by atoms with van der Waals surface area (Å²) in [7, 11) is 0. The van der Waals surface area contributed by atoms with Gasteiger partial charge in [0.05, 0.1) is 5.54 Å². The number of benzene rings is 1. The lowest BCUT2D eigenvalue weighted by molar-refractivity contribution is -0.122. The maximum absolute atomic E-state index is 12.5. The Balaban J connectivity index is 2.01. The first-order valence-corrected chi connectivity index (χ1v) is 7.83. The van der Waals surface area contributed by atoms with Crippen molar-refractivity contribution in [2.45, 2.75) is 51.0 Å². The van der Waals surface area contributed by atoms with E-state index in [1.165, 1.54) is 0 Å². The van der Waals surface area contributed by atoms with Crippen LogP contribution in [0.4, 0.5) is 5.69 Å². The molecule has 4 nitrogen and oxygen atoms in total. The highest BCUT2D eigenvalue weighted by Crippen LogP contribution is 2.31. The summed E-state index contributed by atoms with van der Waals surface area (Å²) in [6.07, 6.45) is 5.22. The molecule has 1 aliphatic carbocycles. The fraction of sp³-hybridized carbons (Fsp3) is 0.588. The van der Waals surface area contributed by atoms with Crippen LogP contribution >= 0.6 is 0 Å². The van der Waals surface area contributed by atoms with Crippen LogP contribution in [0.5, 0.6) is 0 Å². The molecule has 0 radical (unpaired) electrons. The number of anilines is 1. The molecule has 2 rings (SSSR count). The van der Waals surface area contributed by atoms with Gasteiger partial charge >= 0.3 is 0 Å². The molecule has 1 saturated carbocycles. The van der Waals surface area contributed by atoms with E-state index >= 15 is 0 Å². The van der Waals surface area contributed by atoms with E-state index in [1.54, 1.807) is 0 Å². The van der Waals surface area contributed by atoms with Crippen LogP contribution in [-0.4, -0.2) is 23.2 Å². The Kier molecular flexibility index (Phi) is 5.37. The lowest BCUT2D eigenvalue weighted by Crippen LogP contribution is -2.53. The van der Waals surface area contributed by atoms with Crippen molar-refractivity contribution in [2.75, 3.05) is 11.9 Å². The number of carbonyl (C=O) groups excluding carboxylic acids is 1. The first-order valence-electron chi connectivity index (χ1n) is 7.83. The Labute approximate surface area is 126 Å². The Morgan fingerprint density at radius 1 is 1.52 bits per heavy atom. The van der Waals surface area contributed by atoms with Gasteiger partial charge in [-0.25, -0.2) is 0 Å². The summed E-state index contributed by atoms with van der Waals surface area (Å²) in [5.41, 5.74) is 7.48. The molecule has 0 spiro atoms. The molecule has 2 unspecified atom stereocenters. The van der Waals surface area contributed by atoms with E-state index in [0.29, 0.717) is 5.92 Å². The van der Waals surface area contributed by atoms with Crippen molar-refractivity contribution in [3.05, 3.63) is 29.8 Å². The van der Waals surface area contributed by atoms with E-state index in [-0.39, 0.29) is 12.5 Å². The summed E-state index contributed by atoms with van der Waals surface area (Å²) in [5, 5.41) is 11.8. The van der Waals surface area contributed by atoms with Crippen molar-refractivity contribution < 1.29 is 9.90 Å². The zero-order valence-electron chi connectivity index (χ0n) is 12.8. The molecule has 2 atom stereocenters. The van der Waals surface area contributed by atoms with E-state index in [9.17, 15) is 4.79 Å². The van der Waals surface area contributed by atoms with E-state index in [0.717, 1.165) is 49.8 Å². The van der Waals surface area contributed by atoms with Gasteiger partial charge in [-0.3, -0.25) is 4.79 Å². The number of nitrogens with two attached hydrogens (primary N) is 1. The number of hydrogen-bond donors (Lipinski definition) is 3. The number of amides is 1. The molecule has 21 heavy (non-hydrogen) atoms. The molecule has 116 valence electrons. The van der Waals surface area contributed by atoms with E-state index in [1.807, 2.05) is 24.3 Å². The first kappa shape index (κ1) is 16.0. The third kappa shape index (κ3) is 4.29. The highest BCUT2D eigenvalue weighted by molar-refractivity contribution is 5.98. The molecule has 1 aromatic rings. The van der Waals surface area contributed by atoms with Crippen LogP contribution in [0.2, 0.25) is 0 Å². The second kappa shape index (κ2) is 7.05. The van der Waals surface area contributed by atoms with Gasteiger partial charge < -0.3 is 16.2 Å². The summed E-state index contributed by atoms with van der Waals surface area (Å²) < 4.78 is 0. The van der Waals surface area contributed by atoms with Crippen molar-refractivity contribution >= 4 is 11.6 Å². The smallest absolute Gasteiger partial charge is 0.244 e. The van der Waals surface area contributed by atoms with Crippen LogP contribution in [0.1, 0.15) is 44.6 Å². The second-order valence-corrected chi connectivity index (χ2v) is 6.34. The molecular formula is C17H26N2O2. The average molecular weight is 290 g/mol. The molecule has 0 aromatic heterocycles. The molecular weight excluding hydrogens is 264 g/mol. The summed E-state index contributed by atoms with van der Waals surface area (Å²) in [6, 6.07) is 7.78. The highest BCUT2D eigenvalue weighted by Gasteiger charge is 2.37. The molecule has 1 fully saturated rings. The van der Waals surface area contributed by atoms with Crippen LogP contribution in [0.3, 0.4) is 0 Å². The minimum Gasteiger partial charge on any atom is -0.396 e.